The molecular weight excluding hydrogens is 232 g/mol. The van der Waals surface area contributed by atoms with Gasteiger partial charge in [-0.05, 0) is 13.3 Å². The molecule has 0 aromatic carbocycles. The summed E-state index contributed by atoms with van der Waals surface area (Å²) in [5.74, 6) is 0.404. The highest BCUT2D eigenvalue weighted by atomic mass is 35.5. The average Bonchev–Trinajstić information content (AvgIpc) is 2.65. The molecule has 1 N–H and O–H groups in total. The Labute approximate surface area is 99.1 Å². The minimum atomic E-state index is -0.290. The van der Waals surface area contributed by atoms with Gasteiger partial charge < -0.3 is 14.5 Å². The molecule has 1 aromatic rings. The van der Waals surface area contributed by atoms with Crippen molar-refractivity contribution in [1.82, 2.24) is 10.3 Å². The lowest BCUT2D eigenvalue weighted by Crippen LogP contribution is -2.38. The second kappa shape index (κ2) is 6.50. The molecular formula is C10H15ClN2O3. The van der Waals surface area contributed by atoms with Crippen molar-refractivity contribution in [2.24, 2.45) is 0 Å². The van der Waals surface area contributed by atoms with Crippen molar-refractivity contribution in [3.05, 3.63) is 17.8 Å². The molecule has 90 valence electrons. The maximum Gasteiger partial charge on any atom is 0.289 e. The molecule has 1 unspecified atom stereocenters. The molecule has 1 aromatic heterocycles. The topological polar surface area (TPSA) is 64.4 Å². The number of amides is 1. The molecule has 0 radical (unpaired) electrons. The zero-order chi connectivity index (χ0) is 12.0. The summed E-state index contributed by atoms with van der Waals surface area (Å²) in [6.07, 6.45) is 1.89. The van der Waals surface area contributed by atoms with Gasteiger partial charge in [-0.3, -0.25) is 4.79 Å². The normalized spacial score (nSPS) is 12.4. The minimum absolute atomic E-state index is 0.112. The number of halogens is 1. The lowest BCUT2D eigenvalue weighted by Gasteiger charge is -2.15. The van der Waals surface area contributed by atoms with Crippen LogP contribution in [0, 0.1) is 6.92 Å². The third kappa shape index (κ3) is 3.50. The number of aryl methyl sites for hydroxylation is 1. The first-order valence-electron chi connectivity index (χ1n) is 4.95. The molecule has 6 heteroatoms. The zero-order valence-electron chi connectivity index (χ0n) is 9.33. The number of ether oxygens (including phenoxy) is 1. The van der Waals surface area contributed by atoms with E-state index in [1.54, 1.807) is 14.0 Å². The van der Waals surface area contributed by atoms with Gasteiger partial charge in [-0.1, -0.05) is 0 Å². The third-order valence-corrected chi connectivity index (χ3v) is 2.33. The Morgan fingerprint density at radius 1 is 1.75 bits per heavy atom. The number of oxazole rings is 1. The minimum Gasteiger partial charge on any atom is -0.438 e. The smallest absolute Gasteiger partial charge is 0.289 e. The van der Waals surface area contributed by atoms with Crippen molar-refractivity contribution >= 4 is 17.5 Å². The molecule has 1 amide bonds. The number of nitrogens with one attached hydrogen (secondary N) is 1. The summed E-state index contributed by atoms with van der Waals surface area (Å²) in [4.78, 5) is 15.6. The first kappa shape index (κ1) is 13.0. The van der Waals surface area contributed by atoms with E-state index in [0.717, 1.165) is 0 Å². The molecule has 16 heavy (non-hydrogen) atoms. The summed E-state index contributed by atoms with van der Waals surface area (Å²) in [5.41, 5.74) is 0.569. The zero-order valence-corrected chi connectivity index (χ0v) is 10.1. The second-order valence-electron chi connectivity index (χ2n) is 3.37. The Bertz CT molecular complexity index is 335. The third-order valence-electron chi connectivity index (χ3n) is 2.11. The van der Waals surface area contributed by atoms with E-state index in [4.69, 9.17) is 20.8 Å². The first-order valence-corrected chi connectivity index (χ1v) is 5.48. The highest BCUT2D eigenvalue weighted by Gasteiger charge is 2.18. The highest BCUT2D eigenvalue weighted by Crippen LogP contribution is 2.06. The van der Waals surface area contributed by atoms with Crippen LogP contribution in [0.15, 0.2) is 10.8 Å². The van der Waals surface area contributed by atoms with Gasteiger partial charge in [0.05, 0.1) is 18.3 Å². The quantitative estimate of drug-likeness (QED) is 0.770. The van der Waals surface area contributed by atoms with Gasteiger partial charge in [-0.2, -0.15) is 0 Å². The Morgan fingerprint density at radius 3 is 3.00 bits per heavy atom. The van der Waals surface area contributed by atoms with Crippen LogP contribution in [0.3, 0.4) is 0 Å². The average molecular weight is 247 g/mol. The van der Waals surface area contributed by atoms with Gasteiger partial charge in [0.1, 0.15) is 0 Å². The van der Waals surface area contributed by atoms with Gasteiger partial charge in [-0.15, -0.1) is 11.6 Å². The maximum atomic E-state index is 11.7. The summed E-state index contributed by atoms with van der Waals surface area (Å²) < 4.78 is 9.97. The van der Waals surface area contributed by atoms with Crippen molar-refractivity contribution in [2.45, 2.75) is 19.4 Å². The molecule has 0 aliphatic rings. The Kier molecular flexibility index (Phi) is 5.28. The monoisotopic (exact) mass is 246 g/mol. The van der Waals surface area contributed by atoms with Gasteiger partial charge in [-0.25, -0.2) is 4.98 Å². The summed E-state index contributed by atoms with van der Waals surface area (Å²) in [6.45, 7) is 2.14. The van der Waals surface area contributed by atoms with E-state index in [-0.39, 0.29) is 17.7 Å². The Hall–Kier alpha value is -1.07. The van der Waals surface area contributed by atoms with E-state index in [2.05, 4.69) is 10.3 Å². The number of carbonyl (C=O) groups is 1. The highest BCUT2D eigenvalue weighted by molar-refractivity contribution is 6.17. The van der Waals surface area contributed by atoms with Crippen LogP contribution in [0.5, 0.6) is 0 Å². The lowest BCUT2D eigenvalue weighted by atomic mass is 10.2. The molecule has 0 fully saturated rings. The molecule has 0 saturated carbocycles. The van der Waals surface area contributed by atoms with E-state index in [9.17, 15) is 4.79 Å². The van der Waals surface area contributed by atoms with Crippen LogP contribution in [-0.4, -0.2) is 36.5 Å². The van der Waals surface area contributed by atoms with E-state index < -0.39 is 0 Å². The van der Waals surface area contributed by atoms with Crippen LogP contribution in [0.4, 0.5) is 0 Å². The van der Waals surface area contributed by atoms with Gasteiger partial charge in [0.2, 0.25) is 5.76 Å². The molecule has 5 nitrogen and oxygen atoms in total. The van der Waals surface area contributed by atoms with Crippen molar-refractivity contribution in [2.75, 3.05) is 19.6 Å². The number of hydrogen-bond acceptors (Lipinski definition) is 4. The molecule has 1 rings (SSSR count). The molecule has 1 heterocycles. The fourth-order valence-electron chi connectivity index (χ4n) is 1.30. The van der Waals surface area contributed by atoms with Crippen molar-refractivity contribution < 1.29 is 13.9 Å². The number of nitrogens with zero attached hydrogens (tertiary/aromatic N) is 1. The van der Waals surface area contributed by atoms with Crippen molar-refractivity contribution in [1.29, 1.82) is 0 Å². The van der Waals surface area contributed by atoms with Gasteiger partial charge in [0.25, 0.3) is 5.91 Å². The van der Waals surface area contributed by atoms with E-state index in [0.29, 0.717) is 24.6 Å². The number of aromatic nitrogens is 1. The number of rotatable bonds is 6. The second-order valence-corrected chi connectivity index (χ2v) is 3.75. The van der Waals surface area contributed by atoms with Crippen LogP contribution in [0.1, 0.15) is 22.7 Å². The Balaban J connectivity index is 2.58. The largest absolute Gasteiger partial charge is 0.438 e. The lowest BCUT2D eigenvalue weighted by molar-refractivity contribution is 0.0867. The summed E-state index contributed by atoms with van der Waals surface area (Å²) >= 11 is 5.63. The van der Waals surface area contributed by atoms with Crippen LogP contribution in [0.2, 0.25) is 0 Å². The van der Waals surface area contributed by atoms with Crippen LogP contribution in [0.25, 0.3) is 0 Å². The fourth-order valence-corrected chi connectivity index (χ4v) is 1.56. The number of carbonyl (C=O) groups excluding carboxylic acids is 1. The molecule has 0 aliphatic heterocycles. The van der Waals surface area contributed by atoms with Crippen molar-refractivity contribution in [3.8, 4) is 0 Å². The molecule has 0 spiro atoms. The SMILES string of the molecule is COCC(CCCl)NC(=O)c1ocnc1C. The Morgan fingerprint density at radius 2 is 2.50 bits per heavy atom. The molecule has 1 atom stereocenters. The molecule has 0 aliphatic carbocycles. The molecule has 0 bridgehead atoms. The van der Waals surface area contributed by atoms with E-state index >= 15 is 0 Å². The standard InChI is InChI=1S/C10H15ClN2O3/c1-7-9(16-6-12-7)10(14)13-8(3-4-11)5-15-2/h6,8H,3-5H2,1-2H3,(H,13,14). The van der Waals surface area contributed by atoms with Crippen molar-refractivity contribution in [3.63, 3.8) is 0 Å². The number of methoxy groups -OCH3 is 1. The predicted octanol–water partition coefficient (Wildman–Crippen LogP) is 1.36. The van der Waals surface area contributed by atoms with Crippen LogP contribution >= 0.6 is 11.6 Å². The number of alkyl halides is 1. The van der Waals surface area contributed by atoms with Crippen LogP contribution < -0.4 is 5.32 Å². The van der Waals surface area contributed by atoms with Gasteiger partial charge in [0, 0.05) is 13.0 Å². The maximum absolute atomic E-state index is 11.7. The first-order chi connectivity index (χ1) is 7.69. The summed E-state index contributed by atoms with van der Waals surface area (Å²) in [5, 5.41) is 2.78. The number of hydrogen-bond donors (Lipinski definition) is 1. The summed E-state index contributed by atoms with van der Waals surface area (Å²) in [7, 11) is 1.58. The predicted molar refractivity (Wildman–Crippen MR) is 59.7 cm³/mol. The van der Waals surface area contributed by atoms with Gasteiger partial charge in [0.15, 0.2) is 6.39 Å². The van der Waals surface area contributed by atoms with E-state index in [1.165, 1.54) is 6.39 Å². The fraction of sp³-hybridized carbons (Fsp3) is 0.600. The summed E-state index contributed by atoms with van der Waals surface area (Å²) in [6, 6.07) is -0.112. The van der Waals surface area contributed by atoms with Crippen LogP contribution in [-0.2, 0) is 4.74 Å². The molecule has 0 saturated heterocycles. The van der Waals surface area contributed by atoms with E-state index in [1.807, 2.05) is 0 Å². The van der Waals surface area contributed by atoms with Gasteiger partial charge >= 0.3 is 0 Å².